The summed E-state index contributed by atoms with van der Waals surface area (Å²) in [4.78, 5) is 13.3. The van der Waals surface area contributed by atoms with Gasteiger partial charge in [0.1, 0.15) is 11.5 Å². The molecule has 0 fully saturated rings. The van der Waals surface area contributed by atoms with Gasteiger partial charge in [0.05, 0.1) is 5.56 Å². The first-order valence-corrected chi connectivity index (χ1v) is 5.36. The predicted octanol–water partition coefficient (Wildman–Crippen LogP) is 1.80. The van der Waals surface area contributed by atoms with Crippen LogP contribution in [0.3, 0.4) is 0 Å². The normalized spacial score (nSPS) is 12.2. The molecule has 16 heavy (non-hydrogen) atoms. The quantitative estimate of drug-likeness (QED) is 0.629. The molecular weight excluding hydrogens is 230 g/mol. The molecule has 88 valence electrons. The summed E-state index contributed by atoms with van der Waals surface area (Å²) in [5.74, 6) is -0.284. The molecule has 0 aliphatic heterocycles. The Morgan fingerprint density at radius 1 is 1.50 bits per heavy atom. The molecule has 0 saturated heterocycles. The minimum atomic E-state index is -0.374. The smallest absolute Gasteiger partial charge is 0.257 e. The van der Waals surface area contributed by atoms with Crippen LogP contribution in [-0.2, 0) is 0 Å². The van der Waals surface area contributed by atoms with Crippen molar-refractivity contribution in [3.8, 4) is 11.5 Å². The summed E-state index contributed by atoms with van der Waals surface area (Å²) in [5.41, 5.74) is 0.0690. The maximum Gasteiger partial charge on any atom is 0.257 e. The van der Waals surface area contributed by atoms with Crippen LogP contribution in [0, 0.1) is 0 Å². The Kier molecular flexibility index (Phi) is 4.01. The Hall–Kier alpha value is -1.42. The lowest BCUT2D eigenvalue weighted by Crippen LogP contribution is -2.36. The van der Waals surface area contributed by atoms with Crippen molar-refractivity contribution in [3.63, 3.8) is 0 Å². The second kappa shape index (κ2) is 5.07. The molecule has 5 heteroatoms. The van der Waals surface area contributed by atoms with Crippen LogP contribution in [0.15, 0.2) is 18.2 Å². The van der Waals surface area contributed by atoms with Gasteiger partial charge >= 0.3 is 0 Å². The third-order valence-corrected chi connectivity index (χ3v) is 2.86. The molecule has 1 aromatic carbocycles. The number of benzene rings is 1. The second-order valence-electron chi connectivity index (χ2n) is 3.62. The Bertz CT molecular complexity index is 395. The lowest BCUT2D eigenvalue weighted by molar-refractivity contribution is 0.0753. The fourth-order valence-corrected chi connectivity index (χ4v) is 1.40. The zero-order chi connectivity index (χ0) is 12.3. The van der Waals surface area contributed by atoms with Crippen LogP contribution in [0.4, 0.5) is 0 Å². The fraction of sp³-hybridized carbons (Fsp3) is 0.364. The van der Waals surface area contributed by atoms with Gasteiger partial charge in [0.25, 0.3) is 5.91 Å². The molecule has 0 aliphatic rings. The minimum absolute atomic E-state index is 0.0620. The third kappa shape index (κ3) is 2.58. The van der Waals surface area contributed by atoms with Crippen molar-refractivity contribution in [2.75, 3.05) is 12.9 Å². The van der Waals surface area contributed by atoms with Gasteiger partial charge in [-0.15, -0.1) is 11.6 Å². The van der Waals surface area contributed by atoms with Crippen molar-refractivity contribution < 1.29 is 15.0 Å². The molecular formula is C11H14ClNO3. The van der Waals surface area contributed by atoms with Gasteiger partial charge < -0.3 is 15.1 Å². The number of hydrogen-bond donors (Lipinski definition) is 2. The highest BCUT2D eigenvalue weighted by atomic mass is 35.5. The molecule has 0 aliphatic carbocycles. The van der Waals surface area contributed by atoms with Crippen LogP contribution in [0.5, 0.6) is 11.5 Å². The van der Waals surface area contributed by atoms with E-state index in [9.17, 15) is 15.0 Å². The first kappa shape index (κ1) is 12.6. The molecule has 0 radical (unpaired) electrons. The zero-order valence-electron chi connectivity index (χ0n) is 9.14. The largest absolute Gasteiger partial charge is 0.508 e. The topological polar surface area (TPSA) is 60.8 Å². The van der Waals surface area contributed by atoms with Gasteiger partial charge in [-0.3, -0.25) is 4.79 Å². The number of phenols is 2. The summed E-state index contributed by atoms with van der Waals surface area (Å²) in [6.45, 7) is 1.80. The summed E-state index contributed by atoms with van der Waals surface area (Å²) in [7, 11) is 1.60. The summed E-state index contributed by atoms with van der Waals surface area (Å²) in [6, 6.07) is 3.68. The van der Waals surface area contributed by atoms with E-state index < -0.39 is 0 Å². The number of alkyl halides is 1. The summed E-state index contributed by atoms with van der Waals surface area (Å²) < 4.78 is 0. The zero-order valence-corrected chi connectivity index (χ0v) is 9.90. The Labute approximate surface area is 99.1 Å². The van der Waals surface area contributed by atoms with E-state index in [0.717, 1.165) is 0 Å². The third-order valence-electron chi connectivity index (χ3n) is 2.42. The van der Waals surface area contributed by atoms with Crippen molar-refractivity contribution >= 4 is 17.5 Å². The number of amides is 1. The maximum atomic E-state index is 11.9. The van der Waals surface area contributed by atoms with Crippen LogP contribution < -0.4 is 0 Å². The number of aromatic hydroxyl groups is 2. The van der Waals surface area contributed by atoms with Crippen molar-refractivity contribution in [2.45, 2.75) is 13.0 Å². The van der Waals surface area contributed by atoms with Gasteiger partial charge in [0, 0.05) is 19.0 Å². The van der Waals surface area contributed by atoms with Crippen LogP contribution >= 0.6 is 11.6 Å². The van der Waals surface area contributed by atoms with Gasteiger partial charge in [-0.05, 0) is 25.1 Å². The monoisotopic (exact) mass is 243 g/mol. The van der Waals surface area contributed by atoms with E-state index in [2.05, 4.69) is 0 Å². The van der Waals surface area contributed by atoms with Crippen LogP contribution in [-0.4, -0.2) is 40.0 Å². The SMILES string of the molecule is CC(CCl)N(C)C(=O)c1cc(O)ccc1O. The summed E-state index contributed by atoms with van der Waals surface area (Å²) >= 11 is 5.64. The number of carbonyl (C=O) groups is 1. The van der Waals surface area contributed by atoms with Gasteiger partial charge in [-0.1, -0.05) is 0 Å². The van der Waals surface area contributed by atoms with Gasteiger partial charge in [-0.2, -0.15) is 0 Å². The van der Waals surface area contributed by atoms with Gasteiger partial charge in [-0.25, -0.2) is 0 Å². The number of nitrogens with zero attached hydrogens (tertiary/aromatic N) is 1. The number of rotatable bonds is 3. The van der Waals surface area contributed by atoms with Crippen LogP contribution in [0.2, 0.25) is 0 Å². The molecule has 0 saturated carbocycles. The predicted molar refractivity (Wildman–Crippen MR) is 62.0 cm³/mol. The molecule has 4 nitrogen and oxygen atoms in total. The standard InChI is InChI=1S/C11H14ClNO3/c1-7(6-12)13(2)11(16)9-5-8(14)3-4-10(9)15/h3-5,7,14-15H,6H2,1-2H3. The summed E-state index contributed by atoms with van der Waals surface area (Å²) in [5, 5.41) is 18.8. The van der Waals surface area contributed by atoms with Crippen molar-refractivity contribution in [2.24, 2.45) is 0 Å². The lowest BCUT2D eigenvalue weighted by atomic mass is 10.1. The first-order chi connectivity index (χ1) is 7.47. The van der Waals surface area contributed by atoms with E-state index in [1.165, 1.54) is 23.1 Å². The molecule has 1 amide bonds. The average Bonchev–Trinajstić information content (AvgIpc) is 2.29. The first-order valence-electron chi connectivity index (χ1n) is 4.82. The van der Waals surface area contributed by atoms with E-state index in [1.54, 1.807) is 14.0 Å². The molecule has 2 N–H and O–H groups in total. The fourth-order valence-electron chi connectivity index (χ4n) is 1.19. The molecule has 1 rings (SSSR count). The van der Waals surface area contributed by atoms with Crippen molar-refractivity contribution in [1.82, 2.24) is 4.90 Å². The average molecular weight is 244 g/mol. The van der Waals surface area contributed by atoms with E-state index in [1.807, 2.05) is 0 Å². The van der Waals surface area contributed by atoms with Crippen LogP contribution in [0.25, 0.3) is 0 Å². The molecule has 0 heterocycles. The van der Waals surface area contributed by atoms with Crippen molar-refractivity contribution in [1.29, 1.82) is 0 Å². The highest BCUT2D eigenvalue weighted by Gasteiger charge is 2.19. The van der Waals surface area contributed by atoms with Crippen molar-refractivity contribution in [3.05, 3.63) is 23.8 Å². The Morgan fingerprint density at radius 3 is 2.69 bits per heavy atom. The molecule has 0 bridgehead atoms. The molecule has 0 aromatic heterocycles. The van der Waals surface area contributed by atoms with Gasteiger partial charge in [0.2, 0.25) is 0 Å². The number of phenolic OH excluding ortho intramolecular Hbond substituents is 2. The number of halogens is 1. The molecule has 1 atom stereocenters. The Balaban J connectivity index is 3.00. The molecule has 0 spiro atoms. The summed E-state index contributed by atoms with van der Waals surface area (Å²) in [6.07, 6.45) is 0. The minimum Gasteiger partial charge on any atom is -0.508 e. The highest BCUT2D eigenvalue weighted by Crippen LogP contribution is 2.23. The van der Waals surface area contributed by atoms with Gasteiger partial charge in [0.15, 0.2) is 0 Å². The lowest BCUT2D eigenvalue weighted by Gasteiger charge is -2.23. The highest BCUT2D eigenvalue weighted by molar-refractivity contribution is 6.18. The van der Waals surface area contributed by atoms with E-state index in [-0.39, 0.29) is 29.0 Å². The van der Waals surface area contributed by atoms with E-state index >= 15 is 0 Å². The molecule has 1 unspecified atom stereocenters. The van der Waals surface area contributed by atoms with E-state index in [4.69, 9.17) is 11.6 Å². The van der Waals surface area contributed by atoms with E-state index in [0.29, 0.717) is 5.88 Å². The van der Waals surface area contributed by atoms with Crippen LogP contribution in [0.1, 0.15) is 17.3 Å². The Morgan fingerprint density at radius 2 is 2.12 bits per heavy atom. The number of hydrogen-bond acceptors (Lipinski definition) is 3. The molecule has 1 aromatic rings. The number of carbonyl (C=O) groups excluding carboxylic acids is 1. The second-order valence-corrected chi connectivity index (χ2v) is 3.93. The maximum absolute atomic E-state index is 11.9.